The molecule has 100 valence electrons. The zero-order chi connectivity index (χ0) is 13.9. The van der Waals surface area contributed by atoms with Crippen LogP contribution in [0.1, 0.15) is 0 Å². The summed E-state index contributed by atoms with van der Waals surface area (Å²) in [6.45, 7) is 0. The maximum atomic E-state index is 5.91. The average Bonchev–Trinajstić information content (AvgIpc) is 2.97. The number of aromatic nitrogens is 1. The number of hydrogen-bond donors (Lipinski definition) is 0. The molecule has 0 amide bonds. The van der Waals surface area contributed by atoms with E-state index in [2.05, 4.69) is 4.98 Å². The van der Waals surface area contributed by atoms with Crippen molar-refractivity contribution < 1.29 is 4.74 Å². The summed E-state index contributed by atoms with van der Waals surface area (Å²) >= 11 is 7.51. The molecule has 0 aliphatic rings. The maximum absolute atomic E-state index is 5.91. The van der Waals surface area contributed by atoms with Crippen LogP contribution in [0.15, 0.2) is 53.9 Å². The summed E-state index contributed by atoms with van der Waals surface area (Å²) in [6.07, 6.45) is 0. The quantitative estimate of drug-likeness (QED) is 0.668. The van der Waals surface area contributed by atoms with Crippen molar-refractivity contribution in [3.05, 3.63) is 58.9 Å². The van der Waals surface area contributed by atoms with E-state index in [0.29, 0.717) is 0 Å². The summed E-state index contributed by atoms with van der Waals surface area (Å²) in [5.74, 6) is 0.838. The molecule has 0 spiro atoms. The molecule has 4 heteroatoms. The minimum atomic E-state index is 0.730. The van der Waals surface area contributed by atoms with E-state index in [4.69, 9.17) is 16.3 Å². The number of nitrogens with zero attached hydrogens (tertiary/aromatic N) is 1. The number of rotatable bonds is 3. The van der Waals surface area contributed by atoms with Gasteiger partial charge in [-0.25, -0.2) is 4.98 Å². The van der Waals surface area contributed by atoms with Crippen molar-refractivity contribution in [2.24, 2.45) is 0 Å². The normalized spacial score (nSPS) is 10.5. The molecule has 0 aliphatic heterocycles. The summed E-state index contributed by atoms with van der Waals surface area (Å²) in [5, 5.41) is 3.73. The van der Waals surface area contributed by atoms with Gasteiger partial charge in [0.1, 0.15) is 10.8 Å². The summed E-state index contributed by atoms with van der Waals surface area (Å²) in [7, 11) is 1.67. The molecule has 0 atom stereocenters. The van der Waals surface area contributed by atoms with Gasteiger partial charge in [-0.1, -0.05) is 35.9 Å². The number of thiazole rings is 1. The van der Waals surface area contributed by atoms with Gasteiger partial charge < -0.3 is 4.74 Å². The van der Waals surface area contributed by atoms with E-state index in [9.17, 15) is 0 Å². The van der Waals surface area contributed by atoms with Gasteiger partial charge in [0.15, 0.2) is 0 Å². The third-order valence-electron chi connectivity index (χ3n) is 2.98. The molecular weight excluding hydrogens is 290 g/mol. The smallest absolute Gasteiger partial charge is 0.129 e. The standard InChI is InChI=1S/C16H12ClNOS/c1-19-15-5-3-2-4-13(15)16-18-14(10-20-16)11-6-8-12(17)9-7-11/h2-10H,1H3. The Bertz CT molecular complexity index is 721. The van der Waals surface area contributed by atoms with Crippen molar-refractivity contribution in [2.75, 3.05) is 7.11 Å². The highest BCUT2D eigenvalue weighted by Crippen LogP contribution is 2.34. The Balaban J connectivity index is 2.00. The predicted octanol–water partition coefficient (Wildman–Crippen LogP) is 5.14. The topological polar surface area (TPSA) is 22.1 Å². The van der Waals surface area contributed by atoms with Gasteiger partial charge in [-0.2, -0.15) is 0 Å². The van der Waals surface area contributed by atoms with Crippen LogP contribution < -0.4 is 4.74 Å². The first kappa shape index (κ1) is 13.2. The van der Waals surface area contributed by atoms with E-state index in [-0.39, 0.29) is 0 Å². The molecular formula is C16H12ClNOS. The van der Waals surface area contributed by atoms with Gasteiger partial charge in [0.25, 0.3) is 0 Å². The van der Waals surface area contributed by atoms with Crippen molar-refractivity contribution >= 4 is 22.9 Å². The van der Waals surface area contributed by atoms with Crippen LogP contribution in [0.25, 0.3) is 21.8 Å². The average molecular weight is 302 g/mol. The van der Waals surface area contributed by atoms with Crippen molar-refractivity contribution in [1.82, 2.24) is 4.98 Å². The van der Waals surface area contributed by atoms with Gasteiger partial charge in [-0.15, -0.1) is 11.3 Å². The fourth-order valence-corrected chi connectivity index (χ4v) is 2.96. The number of ether oxygens (including phenoxy) is 1. The van der Waals surface area contributed by atoms with Crippen LogP contribution in [0.2, 0.25) is 5.02 Å². The first-order valence-electron chi connectivity index (χ1n) is 6.13. The summed E-state index contributed by atoms with van der Waals surface area (Å²) in [6, 6.07) is 15.6. The molecule has 3 rings (SSSR count). The van der Waals surface area contributed by atoms with Crippen molar-refractivity contribution in [2.45, 2.75) is 0 Å². The van der Waals surface area contributed by atoms with Gasteiger partial charge in [0, 0.05) is 16.0 Å². The van der Waals surface area contributed by atoms with Gasteiger partial charge in [0.2, 0.25) is 0 Å². The second kappa shape index (κ2) is 5.65. The zero-order valence-corrected chi connectivity index (χ0v) is 12.4. The van der Waals surface area contributed by atoms with E-state index < -0.39 is 0 Å². The first-order valence-corrected chi connectivity index (χ1v) is 7.38. The first-order chi connectivity index (χ1) is 9.78. The Morgan fingerprint density at radius 1 is 1.05 bits per heavy atom. The third kappa shape index (κ3) is 2.55. The second-order valence-electron chi connectivity index (χ2n) is 4.25. The van der Waals surface area contributed by atoms with Crippen molar-refractivity contribution in [3.8, 4) is 27.6 Å². The summed E-state index contributed by atoms with van der Waals surface area (Å²) in [5.41, 5.74) is 3.03. The lowest BCUT2D eigenvalue weighted by atomic mass is 10.2. The number of hydrogen-bond acceptors (Lipinski definition) is 3. The Labute approximate surface area is 126 Å². The Hall–Kier alpha value is -1.84. The summed E-state index contributed by atoms with van der Waals surface area (Å²) < 4.78 is 5.38. The van der Waals surface area contributed by atoms with Crippen LogP contribution >= 0.6 is 22.9 Å². The van der Waals surface area contributed by atoms with E-state index in [1.165, 1.54) is 0 Å². The minimum absolute atomic E-state index is 0.730. The van der Waals surface area contributed by atoms with Gasteiger partial charge in [0.05, 0.1) is 18.4 Å². The molecule has 2 aromatic carbocycles. The molecule has 3 aromatic rings. The largest absolute Gasteiger partial charge is 0.496 e. The monoisotopic (exact) mass is 301 g/mol. The van der Waals surface area contributed by atoms with Crippen molar-refractivity contribution in [3.63, 3.8) is 0 Å². The molecule has 20 heavy (non-hydrogen) atoms. The molecule has 2 nitrogen and oxygen atoms in total. The molecule has 0 saturated heterocycles. The number of para-hydroxylation sites is 1. The lowest BCUT2D eigenvalue weighted by molar-refractivity contribution is 0.416. The molecule has 1 heterocycles. The number of benzene rings is 2. The van der Waals surface area contributed by atoms with E-state index in [0.717, 1.165) is 32.6 Å². The lowest BCUT2D eigenvalue weighted by Gasteiger charge is -2.04. The fraction of sp³-hybridized carbons (Fsp3) is 0.0625. The molecule has 0 fully saturated rings. The highest BCUT2D eigenvalue weighted by Gasteiger charge is 2.10. The van der Waals surface area contributed by atoms with Crippen molar-refractivity contribution in [1.29, 1.82) is 0 Å². The SMILES string of the molecule is COc1ccccc1-c1nc(-c2ccc(Cl)cc2)cs1. The van der Waals surface area contributed by atoms with Crippen LogP contribution in [0, 0.1) is 0 Å². The number of halogens is 1. The second-order valence-corrected chi connectivity index (χ2v) is 5.54. The lowest BCUT2D eigenvalue weighted by Crippen LogP contribution is -1.86. The minimum Gasteiger partial charge on any atom is -0.496 e. The fourth-order valence-electron chi connectivity index (χ4n) is 1.97. The Morgan fingerprint density at radius 3 is 2.55 bits per heavy atom. The third-order valence-corrected chi connectivity index (χ3v) is 4.11. The molecule has 0 unspecified atom stereocenters. The molecule has 0 aliphatic carbocycles. The molecule has 0 bridgehead atoms. The van der Waals surface area contributed by atoms with Crippen LogP contribution in [-0.2, 0) is 0 Å². The van der Waals surface area contributed by atoms with Crippen LogP contribution in [0.3, 0.4) is 0 Å². The van der Waals surface area contributed by atoms with Crippen LogP contribution in [-0.4, -0.2) is 12.1 Å². The molecule has 0 saturated carbocycles. The highest BCUT2D eigenvalue weighted by atomic mass is 35.5. The van der Waals surface area contributed by atoms with Crippen LogP contribution in [0.5, 0.6) is 5.75 Å². The zero-order valence-electron chi connectivity index (χ0n) is 10.8. The van der Waals surface area contributed by atoms with Gasteiger partial charge in [-0.05, 0) is 24.3 Å². The predicted molar refractivity (Wildman–Crippen MR) is 84.5 cm³/mol. The van der Waals surface area contributed by atoms with E-state index in [1.807, 2.05) is 53.9 Å². The van der Waals surface area contributed by atoms with Gasteiger partial charge in [-0.3, -0.25) is 0 Å². The summed E-state index contributed by atoms with van der Waals surface area (Å²) in [4.78, 5) is 4.68. The molecule has 0 radical (unpaired) electrons. The number of methoxy groups -OCH3 is 1. The Kier molecular flexibility index (Phi) is 3.72. The molecule has 1 aromatic heterocycles. The van der Waals surface area contributed by atoms with Crippen LogP contribution in [0.4, 0.5) is 0 Å². The highest BCUT2D eigenvalue weighted by molar-refractivity contribution is 7.13. The van der Waals surface area contributed by atoms with Gasteiger partial charge >= 0.3 is 0 Å². The maximum Gasteiger partial charge on any atom is 0.129 e. The Morgan fingerprint density at radius 2 is 1.80 bits per heavy atom. The molecule has 0 N–H and O–H groups in total. The van der Waals surface area contributed by atoms with E-state index >= 15 is 0 Å². The van der Waals surface area contributed by atoms with E-state index in [1.54, 1.807) is 18.4 Å².